The van der Waals surface area contributed by atoms with Gasteiger partial charge in [-0.25, -0.2) is 13.1 Å². The molecule has 2 rings (SSSR count). The fraction of sp³-hybridized carbons (Fsp3) is 0.467. The van der Waals surface area contributed by atoms with Gasteiger partial charge in [-0.2, -0.15) is 4.98 Å². The van der Waals surface area contributed by atoms with Crippen LogP contribution in [0.2, 0.25) is 5.02 Å². The van der Waals surface area contributed by atoms with Crippen LogP contribution in [0, 0.1) is 0 Å². The summed E-state index contributed by atoms with van der Waals surface area (Å²) in [6, 6.07) is 6.71. The Bertz CT molecular complexity index is 749. The summed E-state index contributed by atoms with van der Waals surface area (Å²) in [5.74, 6) is 0.935. The number of benzene rings is 1. The second kappa shape index (κ2) is 6.98. The molecule has 1 N–H and O–H groups in total. The Balaban J connectivity index is 1.87. The first kappa shape index (κ1) is 17.9. The van der Waals surface area contributed by atoms with Gasteiger partial charge in [-0.1, -0.05) is 49.7 Å². The molecule has 0 saturated carbocycles. The number of nitrogens with zero attached hydrogens (tertiary/aromatic N) is 2. The monoisotopic (exact) mass is 357 g/mol. The Morgan fingerprint density at radius 2 is 1.87 bits per heavy atom. The summed E-state index contributed by atoms with van der Waals surface area (Å²) in [6.45, 7) is 6.14. The molecule has 126 valence electrons. The first-order chi connectivity index (χ1) is 10.7. The first-order valence-corrected chi connectivity index (χ1v) is 9.23. The number of sulfonamides is 1. The molecule has 0 unspecified atom stereocenters. The van der Waals surface area contributed by atoms with E-state index in [9.17, 15) is 8.42 Å². The topological polar surface area (TPSA) is 85.1 Å². The zero-order valence-electron chi connectivity index (χ0n) is 13.3. The van der Waals surface area contributed by atoms with Crippen LogP contribution in [0.25, 0.3) is 0 Å². The highest BCUT2D eigenvalue weighted by atomic mass is 35.5. The van der Waals surface area contributed by atoms with Gasteiger partial charge in [0.1, 0.15) is 0 Å². The largest absolute Gasteiger partial charge is 0.339 e. The summed E-state index contributed by atoms with van der Waals surface area (Å²) >= 11 is 5.78. The van der Waals surface area contributed by atoms with Gasteiger partial charge in [0.15, 0.2) is 5.82 Å². The number of hydrogen-bond acceptors (Lipinski definition) is 5. The van der Waals surface area contributed by atoms with E-state index >= 15 is 0 Å². The van der Waals surface area contributed by atoms with E-state index in [0.717, 1.165) is 0 Å². The molecule has 0 fully saturated rings. The number of nitrogens with one attached hydrogen (secondary N) is 1. The molecule has 8 heteroatoms. The lowest BCUT2D eigenvalue weighted by Gasteiger charge is -2.10. The second-order valence-corrected chi connectivity index (χ2v) is 8.54. The van der Waals surface area contributed by atoms with E-state index in [1.807, 2.05) is 20.8 Å². The molecule has 0 aliphatic carbocycles. The maximum atomic E-state index is 12.0. The SMILES string of the molecule is CC(C)(C)c1nc(CCNS(=O)(=O)Cc2ccc(Cl)cc2)no1. The van der Waals surface area contributed by atoms with E-state index in [2.05, 4.69) is 14.9 Å². The lowest BCUT2D eigenvalue weighted by atomic mass is 9.97. The summed E-state index contributed by atoms with van der Waals surface area (Å²) in [6.07, 6.45) is 0.374. The molecular formula is C15H20ClN3O3S. The van der Waals surface area contributed by atoms with Gasteiger partial charge >= 0.3 is 0 Å². The Hall–Kier alpha value is -1.44. The molecule has 0 radical (unpaired) electrons. The van der Waals surface area contributed by atoms with E-state index in [1.54, 1.807) is 24.3 Å². The van der Waals surface area contributed by atoms with E-state index < -0.39 is 10.0 Å². The van der Waals surface area contributed by atoms with Crippen molar-refractivity contribution in [1.82, 2.24) is 14.9 Å². The van der Waals surface area contributed by atoms with Crippen LogP contribution < -0.4 is 4.72 Å². The molecule has 23 heavy (non-hydrogen) atoms. The third-order valence-corrected chi connectivity index (χ3v) is 4.66. The van der Waals surface area contributed by atoms with Crippen LogP contribution in [-0.2, 0) is 27.6 Å². The number of rotatable bonds is 6. The van der Waals surface area contributed by atoms with E-state index in [1.165, 1.54) is 0 Å². The van der Waals surface area contributed by atoms with E-state index in [4.69, 9.17) is 16.1 Å². The smallest absolute Gasteiger partial charge is 0.232 e. The predicted molar refractivity (Wildman–Crippen MR) is 88.8 cm³/mol. The minimum absolute atomic E-state index is 0.0936. The highest BCUT2D eigenvalue weighted by Crippen LogP contribution is 2.19. The second-order valence-electron chi connectivity index (χ2n) is 6.30. The van der Waals surface area contributed by atoms with Gasteiger partial charge in [0.25, 0.3) is 0 Å². The standard InChI is InChI=1S/C15H20ClN3O3S/c1-15(2,3)14-18-13(19-22-14)8-9-17-23(20,21)10-11-4-6-12(16)7-5-11/h4-7,17H,8-10H2,1-3H3. The molecule has 1 heterocycles. The summed E-state index contributed by atoms with van der Waals surface area (Å²) < 4.78 is 31.8. The molecule has 6 nitrogen and oxygen atoms in total. The summed E-state index contributed by atoms with van der Waals surface area (Å²) in [5, 5.41) is 4.44. The number of hydrogen-bond donors (Lipinski definition) is 1. The van der Waals surface area contributed by atoms with Crippen molar-refractivity contribution in [2.75, 3.05) is 6.54 Å². The van der Waals surface area contributed by atoms with Gasteiger partial charge in [-0.15, -0.1) is 0 Å². The van der Waals surface area contributed by atoms with Crippen LogP contribution in [0.4, 0.5) is 0 Å². The minimum atomic E-state index is -3.42. The van der Waals surface area contributed by atoms with Crippen LogP contribution >= 0.6 is 11.6 Å². The molecule has 0 saturated heterocycles. The summed E-state index contributed by atoms with van der Waals surface area (Å²) in [7, 11) is -3.42. The zero-order chi connectivity index (χ0) is 17.1. The van der Waals surface area contributed by atoms with Crippen LogP contribution in [0.1, 0.15) is 38.0 Å². The molecule has 1 aromatic carbocycles. The van der Waals surface area contributed by atoms with Gasteiger partial charge in [-0.05, 0) is 17.7 Å². The molecule has 2 aromatic rings. The quantitative estimate of drug-likeness (QED) is 0.859. The van der Waals surface area contributed by atoms with E-state index in [0.29, 0.717) is 28.7 Å². The molecule has 0 aliphatic heterocycles. The average molecular weight is 358 g/mol. The Labute approximate surface area is 141 Å². The van der Waals surface area contributed by atoms with E-state index in [-0.39, 0.29) is 17.7 Å². The fourth-order valence-electron chi connectivity index (χ4n) is 1.83. The lowest BCUT2D eigenvalue weighted by Crippen LogP contribution is -2.27. The Morgan fingerprint density at radius 3 is 2.43 bits per heavy atom. The van der Waals surface area contributed by atoms with Crippen molar-refractivity contribution in [3.05, 3.63) is 46.6 Å². The van der Waals surface area contributed by atoms with Crippen molar-refractivity contribution in [1.29, 1.82) is 0 Å². The normalized spacial score (nSPS) is 12.5. The third-order valence-electron chi connectivity index (χ3n) is 3.05. The molecule has 0 amide bonds. The molecule has 0 bridgehead atoms. The van der Waals surface area contributed by atoms with Crippen molar-refractivity contribution in [3.8, 4) is 0 Å². The maximum Gasteiger partial charge on any atom is 0.232 e. The van der Waals surface area contributed by atoms with Gasteiger partial charge < -0.3 is 4.52 Å². The van der Waals surface area contributed by atoms with Gasteiger partial charge in [0.05, 0.1) is 5.75 Å². The number of halogens is 1. The minimum Gasteiger partial charge on any atom is -0.339 e. The van der Waals surface area contributed by atoms with Crippen molar-refractivity contribution in [3.63, 3.8) is 0 Å². The lowest BCUT2D eigenvalue weighted by molar-refractivity contribution is 0.318. The third kappa shape index (κ3) is 5.60. The average Bonchev–Trinajstić information content (AvgIpc) is 2.90. The van der Waals surface area contributed by atoms with Crippen molar-refractivity contribution in [2.45, 2.75) is 38.4 Å². The van der Waals surface area contributed by atoms with Crippen LogP contribution in [0.15, 0.2) is 28.8 Å². The van der Waals surface area contributed by atoms with Crippen LogP contribution in [-0.4, -0.2) is 25.1 Å². The van der Waals surface area contributed by atoms with Crippen LogP contribution in [0.5, 0.6) is 0 Å². The first-order valence-electron chi connectivity index (χ1n) is 7.20. The Kier molecular flexibility index (Phi) is 5.44. The molecule has 0 aliphatic rings. The van der Waals surface area contributed by atoms with Crippen molar-refractivity contribution < 1.29 is 12.9 Å². The Morgan fingerprint density at radius 1 is 1.22 bits per heavy atom. The molecule has 1 aromatic heterocycles. The van der Waals surface area contributed by atoms with Crippen molar-refractivity contribution >= 4 is 21.6 Å². The summed E-state index contributed by atoms with van der Waals surface area (Å²) in [5.41, 5.74) is 0.454. The fourth-order valence-corrected chi connectivity index (χ4v) is 3.10. The zero-order valence-corrected chi connectivity index (χ0v) is 14.9. The molecular weight excluding hydrogens is 338 g/mol. The van der Waals surface area contributed by atoms with Crippen molar-refractivity contribution in [2.24, 2.45) is 0 Å². The molecule has 0 spiro atoms. The van der Waals surface area contributed by atoms with Gasteiger partial charge in [0, 0.05) is 23.4 Å². The highest BCUT2D eigenvalue weighted by Gasteiger charge is 2.21. The van der Waals surface area contributed by atoms with Gasteiger partial charge in [-0.3, -0.25) is 0 Å². The maximum absolute atomic E-state index is 12.0. The molecule has 0 atom stereocenters. The predicted octanol–water partition coefficient (Wildman–Crippen LogP) is 2.68. The van der Waals surface area contributed by atoms with Crippen LogP contribution in [0.3, 0.4) is 0 Å². The number of aromatic nitrogens is 2. The summed E-state index contributed by atoms with van der Waals surface area (Å²) in [4.78, 5) is 4.27. The van der Waals surface area contributed by atoms with Gasteiger partial charge in [0.2, 0.25) is 15.9 Å². The highest BCUT2D eigenvalue weighted by molar-refractivity contribution is 7.88.